The molecular weight excluding hydrogens is 334 g/mol. The number of carbonyl (C=O) groups is 1. The van der Waals surface area contributed by atoms with Gasteiger partial charge >= 0.3 is 5.97 Å². The first-order chi connectivity index (χ1) is 12.6. The molecule has 3 aromatic rings. The van der Waals surface area contributed by atoms with Crippen molar-refractivity contribution in [2.75, 3.05) is 28.4 Å². The van der Waals surface area contributed by atoms with Crippen molar-refractivity contribution in [2.45, 2.75) is 0 Å². The summed E-state index contributed by atoms with van der Waals surface area (Å²) < 4.78 is 21.1. The highest BCUT2D eigenvalue weighted by molar-refractivity contribution is 5.95. The number of aromatic nitrogens is 1. The van der Waals surface area contributed by atoms with Crippen LogP contribution in [0.25, 0.3) is 22.2 Å². The van der Waals surface area contributed by atoms with Crippen LogP contribution in [0.4, 0.5) is 0 Å². The number of methoxy groups -OCH3 is 4. The third kappa shape index (κ3) is 3.01. The molecule has 0 radical (unpaired) electrons. The lowest BCUT2D eigenvalue weighted by atomic mass is 10.1. The lowest BCUT2D eigenvalue weighted by Crippen LogP contribution is -2.01. The van der Waals surface area contributed by atoms with Gasteiger partial charge in [0, 0.05) is 17.0 Å². The monoisotopic (exact) mass is 353 g/mol. The van der Waals surface area contributed by atoms with E-state index in [0.29, 0.717) is 34.0 Å². The number of hydrogen-bond acceptors (Lipinski definition) is 6. The summed E-state index contributed by atoms with van der Waals surface area (Å²) in [5.41, 5.74) is 2.61. The minimum Gasteiger partial charge on any atom is -0.494 e. The summed E-state index contributed by atoms with van der Waals surface area (Å²) in [6.45, 7) is 0. The van der Waals surface area contributed by atoms with Gasteiger partial charge < -0.3 is 18.9 Å². The van der Waals surface area contributed by atoms with Crippen molar-refractivity contribution >= 4 is 16.9 Å². The lowest BCUT2D eigenvalue weighted by Gasteiger charge is -2.14. The van der Waals surface area contributed by atoms with Gasteiger partial charge in [-0.3, -0.25) is 0 Å². The van der Waals surface area contributed by atoms with E-state index >= 15 is 0 Å². The Morgan fingerprint density at radius 2 is 1.65 bits per heavy atom. The van der Waals surface area contributed by atoms with E-state index in [4.69, 9.17) is 23.9 Å². The molecule has 2 aromatic carbocycles. The Morgan fingerprint density at radius 1 is 0.885 bits per heavy atom. The van der Waals surface area contributed by atoms with Gasteiger partial charge in [-0.25, -0.2) is 9.78 Å². The molecule has 0 spiro atoms. The van der Waals surface area contributed by atoms with Gasteiger partial charge in [0.05, 0.1) is 39.7 Å². The van der Waals surface area contributed by atoms with Gasteiger partial charge in [0.25, 0.3) is 0 Å². The van der Waals surface area contributed by atoms with Crippen molar-refractivity contribution < 1.29 is 23.7 Å². The average Bonchev–Trinajstić information content (AvgIpc) is 2.71. The minimum atomic E-state index is -0.392. The number of ether oxygens (including phenoxy) is 4. The second kappa shape index (κ2) is 7.31. The first kappa shape index (κ1) is 17.5. The lowest BCUT2D eigenvalue weighted by molar-refractivity contribution is 0.0601. The van der Waals surface area contributed by atoms with Crippen LogP contribution in [0.5, 0.6) is 17.2 Å². The highest BCUT2D eigenvalue weighted by Gasteiger charge is 2.16. The van der Waals surface area contributed by atoms with Gasteiger partial charge in [-0.1, -0.05) is 12.1 Å². The molecule has 0 bridgehead atoms. The highest BCUT2D eigenvalue weighted by atomic mass is 16.5. The fourth-order valence-electron chi connectivity index (χ4n) is 2.82. The molecule has 1 heterocycles. The molecule has 0 N–H and O–H groups in total. The average molecular weight is 353 g/mol. The Bertz CT molecular complexity index is 968. The van der Waals surface area contributed by atoms with Crippen molar-refractivity contribution in [3.05, 3.63) is 48.0 Å². The zero-order valence-electron chi connectivity index (χ0n) is 15.0. The van der Waals surface area contributed by atoms with Gasteiger partial charge in [-0.2, -0.15) is 0 Å². The Balaban J connectivity index is 2.20. The van der Waals surface area contributed by atoms with E-state index in [-0.39, 0.29) is 0 Å². The van der Waals surface area contributed by atoms with Crippen LogP contribution in [0.15, 0.2) is 42.5 Å². The first-order valence-corrected chi connectivity index (χ1v) is 7.91. The molecule has 6 nitrogen and oxygen atoms in total. The molecule has 0 atom stereocenters. The van der Waals surface area contributed by atoms with E-state index in [2.05, 4.69) is 0 Å². The van der Waals surface area contributed by atoms with Crippen LogP contribution in [0.2, 0.25) is 0 Å². The normalized spacial score (nSPS) is 10.5. The van der Waals surface area contributed by atoms with Crippen LogP contribution in [-0.2, 0) is 4.74 Å². The van der Waals surface area contributed by atoms with Gasteiger partial charge in [0.1, 0.15) is 11.3 Å². The van der Waals surface area contributed by atoms with Gasteiger partial charge in [0.15, 0.2) is 11.5 Å². The molecule has 26 heavy (non-hydrogen) atoms. The Labute approximate surface area is 151 Å². The molecule has 0 aliphatic heterocycles. The number of rotatable bonds is 5. The smallest absolute Gasteiger partial charge is 0.337 e. The van der Waals surface area contributed by atoms with Crippen LogP contribution in [-0.4, -0.2) is 39.4 Å². The molecule has 6 heteroatoms. The summed E-state index contributed by atoms with van der Waals surface area (Å²) in [6, 6.07) is 12.6. The number of benzene rings is 2. The number of carbonyl (C=O) groups excluding carboxylic acids is 1. The Morgan fingerprint density at radius 3 is 2.31 bits per heavy atom. The topological polar surface area (TPSA) is 66.9 Å². The van der Waals surface area contributed by atoms with Crippen molar-refractivity contribution in [1.29, 1.82) is 0 Å². The molecule has 1 aromatic heterocycles. The minimum absolute atomic E-state index is 0.392. The molecule has 134 valence electrons. The van der Waals surface area contributed by atoms with Crippen LogP contribution in [0, 0.1) is 0 Å². The van der Waals surface area contributed by atoms with E-state index in [0.717, 1.165) is 10.9 Å². The summed E-state index contributed by atoms with van der Waals surface area (Å²) in [7, 11) is 6.08. The van der Waals surface area contributed by atoms with E-state index in [1.807, 2.05) is 18.2 Å². The second-order valence-electron chi connectivity index (χ2n) is 5.48. The molecule has 0 saturated heterocycles. The van der Waals surface area contributed by atoms with Crippen molar-refractivity contribution in [1.82, 2.24) is 4.98 Å². The van der Waals surface area contributed by atoms with E-state index in [1.54, 1.807) is 45.6 Å². The van der Waals surface area contributed by atoms with E-state index in [9.17, 15) is 4.79 Å². The molecule has 0 aliphatic rings. The molecule has 0 amide bonds. The van der Waals surface area contributed by atoms with Crippen LogP contribution in [0.3, 0.4) is 0 Å². The summed E-state index contributed by atoms with van der Waals surface area (Å²) in [5.74, 6) is 1.34. The maximum atomic E-state index is 11.8. The third-order valence-electron chi connectivity index (χ3n) is 4.08. The summed E-state index contributed by atoms with van der Waals surface area (Å²) >= 11 is 0. The number of hydrogen-bond donors (Lipinski definition) is 0. The van der Waals surface area contributed by atoms with Crippen molar-refractivity contribution in [2.24, 2.45) is 0 Å². The summed E-state index contributed by atoms with van der Waals surface area (Å²) in [5, 5.41) is 0.775. The maximum absolute atomic E-state index is 11.8. The third-order valence-corrected chi connectivity index (χ3v) is 4.08. The predicted molar refractivity (Wildman–Crippen MR) is 98.2 cm³/mol. The van der Waals surface area contributed by atoms with Crippen molar-refractivity contribution in [3.8, 4) is 28.5 Å². The number of nitrogens with zero attached hydrogens (tertiary/aromatic N) is 1. The number of pyridine rings is 1. The highest BCUT2D eigenvalue weighted by Crippen LogP contribution is 2.41. The first-order valence-electron chi connectivity index (χ1n) is 7.91. The fourth-order valence-corrected chi connectivity index (χ4v) is 2.82. The molecule has 0 saturated carbocycles. The van der Waals surface area contributed by atoms with E-state index in [1.165, 1.54) is 7.11 Å². The predicted octanol–water partition coefficient (Wildman–Crippen LogP) is 3.71. The largest absolute Gasteiger partial charge is 0.494 e. The van der Waals surface area contributed by atoms with Gasteiger partial charge in [-0.05, 0) is 24.3 Å². The SMILES string of the molecule is COC(=O)c1cccc(-c2ccc3c(OC)c(OC)cc(OC)c3n2)c1. The molecule has 0 aliphatic carbocycles. The standard InChI is InChI=1S/C20H19NO5/c1-23-16-11-17(24-2)19(25-3)14-8-9-15(21-18(14)16)12-6-5-7-13(10-12)20(22)26-4/h5-11H,1-4H3. The van der Waals surface area contributed by atoms with Crippen LogP contribution < -0.4 is 14.2 Å². The Hall–Kier alpha value is -3.28. The quantitative estimate of drug-likeness (QED) is 0.652. The van der Waals surface area contributed by atoms with Crippen LogP contribution >= 0.6 is 0 Å². The Kier molecular flexibility index (Phi) is 4.93. The summed E-state index contributed by atoms with van der Waals surface area (Å²) in [6.07, 6.45) is 0. The summed E-state index contributed by atoms with van der Waals surface area (Å²) in [4.78, 5) is 16.5. The maximum Gasteiger partial charge on any atom is 0.337 e. The number of fused-ring (bicyclic) bond motifs is 1. The zero-order chi connectivity index (χ0) is 18.7. The molecule has 3 rings (SSSR count). The number of esters is 1. The molecular formula is C20H19NO5. The second-order valence-corrected chi connectivity index (χ2v) is 5.48. The molecule has 0 unspecified atom stereocenters. The van der Waals surface area contributed by atoms with Crippen LogP contribution in [0.1, 0.15) is 10.4 Å². The van der Waals surface area contributed by atoms with Gasteiger partial charge in [0.2, 0.25) is 0 Å². The van der Waals surface area contributed by atoms with Crippen molar-refractivity contribution in [3.63, 3.8) is 0 Å². The zero-order valence-corrected chi connectivity index (χ0v) is 15.0. The van der Waals surface area contributed by atoms with E-state index < -0.39 is 5.97 Å². The fraction of sp³-hybridized carbons (Fsp3) is 0.200. The van der Waals surface area contributed by atoms with Gasteiger partial charge in [-0.15, -0.1) is 0 Å². The molecule has 0 fully saturated rings.